The number of thioether (sulfide) groups is 1. The second kappa shape index (κ2) is 9.18. The molecule has 140 valence electrons. The van der Waals surface area contributed by atoms with E-state index in [-0.39, 0.29) is 41.3 Å². The van der Waals surface area contributed by atoms with Crippen LogP contribution in [0.25, 0.3) is 0 Å². The second-order valence-corrected chi connectivity index (χ2v) is 6.84. The summed E-state index contributed by atoms with van der Waals surface area (Å²) >= 11 is 1.46. The number of benzene rings is 1. The molecule has 0 spiro atoms. The lowest BCUT2D eigenvalue weighted by atomic mass is 10.2. The Hall–Kier alpha value is -2.62. The summed E-state index contributed by atoms with van der Waals surface area (Å²) < 4.78 is 4.71. The molecule has 10 heteroatoms. The minimum Gasteiger partial charge on any atom is -0.468 e. The van der Waals surface area contributed by atoms with Gasteiger partial charge in [-0.15, -0.1) is 11.8 Å². The highest BCUT2D eigenvalue weighted by Crippen LogP contribution is 2.20. The van der Waals surface area contributed by atoms with E-state index in [1.807, 2.05) is 0 Å². The fourth-order valence-electron chi connectivity index (χ4n) is 2.43. The molecule has 1 aliphatic rings. The number of ether oxygens (including phenoxy) is 1. The Balaban J connectivity index is 1.79. The number of esters is 1. The van der Waals surface area contributed by atoms with Crippen molar-refractivity contribution < 1.29 is 24.0 Å². The van der Waals surface area contributed by atoms with Crippen molar-refractivity contribution in [2.45, 2.75) is 11.7 Å². The van der Waals surface area contributed by atoms with Gasteiger partial charge < -0.3 is 15.0 Å². The normalized spacial score (nSPS) is 16.7. The molecule has 1 N–H and O–H groups in total. The van der Waals surface area contributed by atoms with Crippen LogP contribution in [0.1, 0.15) is 16.8 Å². The van der Waals surface area contributed by atoms with Crippen LogP contribution in [0.15, 0.2) is 24.3 Å². The van der Waals surface area contributed by atoms with Gasteiger partial charge >= 0.3 is 5.97 Å². The van der Waals surface area contributed by atoms with E-state index >= 15 is 0 Å². The van der Waals surface area contributed by atoms with Crippen LogP contribution < -0.4 is 5.32 Å². The van der Waals surface area contributed by atoms with Crippen molar-refractivity contribution in [2.75, 3.05) is 32.5 Å². The van der Waals surface area contributed by atoms with Crippen molar-refractivity contribution in [3.63, 3.8) is 0 Å². The third-order valence-corrected chi connectivity index (χ3v) is 5.01. The van der Waals surface area contributed by atoms with Crippen LogP contribution in [0.3, 0.4) is 0 Å². The van der Waals surface area contributed by atoms with E-state index in [0.29, 0.717) is 18.8 Å². The highest BCUT2D eigenvalue weighted by molar-refractivity contribution is 8.00. The third-order valence-electron chi connectivity index (χ3n) is 3.85. The Labute approximate surface area is 154 Å². The maximum absolute atomic E-state index is 12.2. The molecule has 2 amide bonds. The van der Waals surface area contributed by atoms with E-state index in [0.717, 1.165) is 0 Å². The first-order chi connectivity index (χ1) is 12.4. The van der Waals surface area contributed by atoms with Crippen molar-refractivity contribution in [3.8, 4) is 0 Å². The highest BCUT2D eigenvalue weighted by atomic mass is 32.2. The molecule has 1 aromatic carbocycles. The zero-order chi connectivity index (χ0) is 19.1. The van der Waals surface area contributed by atoms with Crippen molar-refractivity contribution in [2.24, 2.45) is 0 Å². The van der Waals surface area contributed by atoms with Gasteiger partial charge in [-0.1, -0.05) is 0 Å². The summed E-state index contributed by atoms with van der Waals surface area (Å²) in [4.78, 5) is 47.5. The Morgan fingerprint density at radius 3 is 2.65 bits per heavy atom. The summed E-state index contributed by atoms with van der Waals surface area (Å²) in [6.45, 7) is 0.987. The van der Waals surface area contributed by atoms with Gasteiger partial charge in [-0.3, -0.25) is 24.5 Å². The Kier molecular flexibility index (Phi) is 6.96. The number of amides is 2. The standard InChI is InChI=1S/C16H19N3O6S/c1-25-16(22)13-10-18(8-9-26-13)14(20)6-7-17-15(21)11-2-4-12(5-3-11)19(23)24/h2-5,13H,6-10H2,1H3,(H,17,21)/t13-/m0/s1. The number of nitrogens with zero attached hydrogens (tertiary/aromatic N) is 2. The van der Waals surface area contributed by atoms with E-state index in [9.17, 15) is 24.5 Å². The smallest absolute Gasteiger partial charge is 0.320 e. The molecular formula is C16H19N3O6S. The first-order valence-electron chi connectivity index (χ1n) is 7.92. The number of carbonyl (C=O) groups excluding carboxylic acids is 3. The van der Waals surface area contributed by atoms with Gasteiger partial charge in [-0.25, -0.2) is 0 Å². The molecule has 0 saturated carbocycles. The van der Waals surface area contributed by atoms with Gasteiger partial charge in [-0.2, -0.15) is 0 Å². The largest absolute Gasteiger partial charge is 0.468 e. The molecule has 1 saturated heterocycles. The fourth-order valence-corrected chi connectivity index (χ4v) is 3.56. The predicted molar refractivity (Wildman–Crippen MR) is 94.9 cm³/mol. The molecule has 0 aromatic heterocycles. The summed E-state index contributed by atoms with van der Waals surface area (Å²) in [5.74, 6) is -0.253. The van der Waals surface area contributed by atoms with Crippen LogP contribution >= 0.6 is 11.8 Å². The molecule has 1 atom stereocenters. The van der Waals surface area contributed by atoms with Crippen molar-refractivity contribution >= 4 is 35.2 Å². The molecule has 26 heavy (non-hydrogen) atoms. The second-order valence-electron chi connectivity index (χ2n) is 5.53. The van der Waals surface area contributed by atoms with E-state index in [2.05, 4.69) is 5.32 Å². The van der Waals surface area contributed by atoms with Crippen LogP contribution in [0, 0.1) is 10.1 Å². The average Bonchev–Trinajstić information content (AvgIpc) is 2.67. The SMILES string of the molecule is COC(=O)[C@@H]1CN(C(=O)CCNC(=O)c2ccc([N+](=O)[O-])cc2)CCS1. The number of carbonyl (C=O) groups is 3. The summed E-state index contributed by atoms with van der Waals surface area (Å²) in [5, 5.41) is 12.8. The zero-order valence-corrected chi connectivity index (χ0v) is 15.0. The number of hydrogen-bond donors (Lipinski definition) is 1. The van der Waals surface area contributed by atoms with Crippen LogP contribution in [0.5, 0.6) is 0 Å². The van der Waals surface area contributed by atoms with Crippen molar-refractivity contribution in [1.29, 1.82) is 0 Å². The number of hydrogen-bond acceptors (Lipinski definition) is 7. The summed E-state index contributed by atoms with van der Waals surface area (Å²) in [6, 6.07) is 5.22. The molecule has 1 heterocycles. The molecule has 0 unspecified atom stereocenters. The molecule has 0 aliphatic carbocycles. The topological polar surface area (TPSA) is 119 Å². The number of rotatable bonds is 6. The molecular weight excluding hydrogens is 362 g/mol. The van der Waals surface area contributed by atoms with E-state index < -0.39 is 10.8 Å². The Bertz CT molecular complexity index is 694. The first kappa shape index (κ1) is 19.7. The Morgan fingerprint density at radius 2 is 2.04 bits per heavy atom. The van der Waals surface area contributed by atoms with Crippen LogP contribution in [-0.4, -0.2) is 65.4 Å². The van der Waals surface area contributed by atoms with E-state index in [1.165, 1.54) is 43.1 Å². The van der Waals surface area contributed by atoms with Gasteiger partial charge in [0.05, 0.1) is 12.0 Å². The monoisotopic (exact) mass is 381 g/mol. The Morgan fingerprint density at radius 1 is 1.35 bits per heavy atom. The summed E-state index contributed by atoms with van der Waals surface area (Å²) in [5.41, 5.74) is 0.183. The number of nitro groups is 1. The number of nitro benzene ring substituents is 1. The van der Waals surface area contributed by atoms with Gasteiger partial charge in [-0.05, 0) is 12.1 Å². The minimum atomic E-state index is -0.543. The number of non-ortho nitro benzene ring substituents is 1. The highest BCUT2D eigenvalue weighted by Gasteiger charge is 2.29. The van der Waals surface area contributed by atoms with Crippen LogP contribution in [0.4, 0.5) is 5.69 Å². The van der Waals surface area contributed by atoms with Crippen LogP contribution in [-0.2, 0) is 14.3 Å². The average molecular weight is 381 g/mol. The molecule has 0 bridgehead atoms. The molecule has 1 aromatic rings. The van der Waals surface area contributed by atoms with Gasteiger partial charge in [0.15, 0.2) is 0 Å². The lowest BCUT2D eigenvalue weighted by Gasteiger charge is -2.31. The maximum Gasteiger partial charge on any atom is 0.320 e. The van der Waals surface area contributed by atoms with Crippen LogP contribution in [0.2, 0.25) is 0 Å². The zero-order valence-electron chi connectivity index (χ0n) is 14.2. The number of nitrogens with one attached hydrogen (secondary N) is 1. The van der Waals surface area contributed by atoms with Gasteiger partial charge in [0, 0.05) is 49.5 Å². The lowest BCUT2D eigenvalue weighted by molar-refractivity contribution is -0.384. The predicted octanol–water partition coefficient (Wildman–Crippen LogP) is 0.832. The fraction of sp³-hybridized carbons (Fsp3) is 0.438. The maximum atomic E-state index is 12.2. The van der Waals surface area contributed by atoms with Crippen molar-refractivity contribution in [1.82, 2.24) is 10.2 Å². The van der Waals surface area contributed by atoms with E-state index in [4.69, 9.17) is 4.74 Å². The molecule has 9 nitrogen and oxygen atoms in total. The third kappa shape index (κ3) is 5.19. The quantitative estimate of drug-likeness (QED) is 0.440. The number of methoxy groups -OCH3 is 1. The molecule has 0 radical (unpaired) electrons. The lowest BCUT2D eigenvalue weighted by Crippen LogP contribution is -2.45. The minimum absolute atomic E-state index is 0.0974. The molecule has 2 rings (SSSR count). The van der Waals surface area contributed by atoms with E-state index in [1.54, 1.807) is 4.90 Å². The molecule has 1 aliphatic heterocycles. The van der Waals surface area contributed by atoms with Gasteiger partial charge in [0.1, 0.15) is 5.25 Å². The summed E-state index contributed by atoms with van der Waals surface area (Å²) in [7, 11) is 1.32. The first-order valence-corrected chi connectivity index (χ1v) is 8.97. The molecule has 1 fully saturated rings. The van der Waals surface area contributed by atoms with Crippen molar-refractivity contribution in [3.05, 3.63) is 39.9 Å². The van der Waals surface area contributed by atoms with Gasteiger partial charge in [0.2, 0.25) is 5.91 Å². The summed E-state index contributed by atoms with van der Waals surface area (Å²) in [6.07, 6.45) is 0.108. The van der Waals surface area contributed by atoms with Gasteiger partial charge in [0.25, 0.3) is 11.6 Å².